The Morgan fingerprint density at radius 3 is 2.75 bits per heavy atom. The standard InChI is InChI=1S/C16H24N2O2/c1-16(2,3)20-15(19)18-11-6-5-8-13-9-7-10-14(12-13)17-4/h5,7-10,12,17H,6,11H2,1-4H3,(H,18,19). The SMILES string of the molecule is CNc1cccc(C=CCCNC(=O)OC(C)(C)C)c1. The van der Waals surface area contributed by atoms with Crippen molar-refractivity contribution in [1.29, 1.82) is 0 Å². The van der Waals surface area contributed by atoms with Crippen molar-refractivity contribution in [3.05, 3.63) is 35.9 Å². The number of hydrogen-bond donors (Lipinski definition) is 2. The van der Waals surface area contributed by atoms with Crippen molar-refractivity contribution in [2.75, 3.05) is 18.9 Å². The number of alkyl carbamates (subject to hydrolysis) is 1. The summed E-state index contributed by atoms with van der Waals surface area (Å²) in [6.07, 6.45) is 4.47. The molecule has 4 nitrogen and oxygen atoms in total. The van der Waals surface area contributed by atoms with Crippen LogP contribution in [-0.2, 0) is 4.74 Å². The average molecular weight is 276 g/mol. The molecular weight excluding hydrogens is 252 g/mol. The van der Waals surface area contributed by atoms with E-state index >= 15 is 0 Å². The lowest BCUT2D eigenvalue weighted by atomic mass is 10.2. The fraction of sp³-hybridized carbons (Fsp3) is 0.438. The predicted molar refractivity (Wildman–Crippen MR) is 83.9 cm³/mol. The fourth-order valence-corrected chi connectivity index (χ4v) is 1.59. The van der Waals surface area contributed by atoms with Crippen molar-refractivity contribution in [3.63, 3.8) is 0 Å². The van der Waals surface area contributed by atoms with E-state index < -0.39 is 5.60 Å². The molecule has 0 atom stereocenters. The maximum atomic E-state index is 11.4. The van der Waals surface area contributed by atoms with Gasteiger partial charge >= 0.3 is 6.09 Å². The first-order valence-electron chi connectivity index (χ1n) is 6.82. The molecule has 0 fully saturated rings. The van der Waals surface area contributed by atoms with E-state index in [1.165, 1.54) is 0 Å². The van der Waals surface area contributed by atoms with E-state index in [1.807, 2.05) is 58.2 Å². The van der Waals surface area contributed by atoms with Crippen molar-refractivity contribution in [1.82, 2.24) is 5.32 Å². The van der Waals surface area contributed by atoms with E-state index in [0.717, 1.165) is 17.7 Å². The van der Waals surface area contributed by atoms with Crippen LogP contribution in [0.2, 0.25) is 0 Å². The van der Waals surface area contributed by atoms with Crippen LogP contribution >= 0.6 is 0 Å². The number of ether oxygens (including phenoxy) is 1. The van der Waals surface area contributed by atoms with Gasteiger partial charge in [-0.1, -0.05) is 24.3 Å². The van der Waals surface area contributed by atoms with Crippen molar-refractivity contribution in [3.8, 4) is 0 Å². The summed E-state index contributed by atoms with van der Waals surface area (Å²) in [5.41, 5.74) is 1.76. The second-order valence-corrected chi connectivity index (χ2v) is 5.50. The van der Waals surface area contributed by atoms with E-state index in [4.69, 9.17) is 4.74 Å². The predicted octanol–water partition coefficient (Wildman–Crippen LogP) is 3.66. The van der Waals surface area contributed by atoms with Crippen LogP contribution in [0.3, 0.4) is 0 Å². The molecule has 0 radical (unpaired) electrons. The monoisotopic (exact) mass is 276 g/mol. The van der Waals surface area contributed by atoms with Gasteiger partial charge in [0.15, 0.2) is 0 Å². The summed E-state index contributed by atoms with van der Waals surface area (Å²) in [6.45, 7) is 6.11. The summed E-state index contributed by atoms with van der Waals surface area (Å²) in [4.78, 5) is 11.4. The minimum atomic E-state index is -0.451. The van der Waals surface area contributed by atoms with Crippen LogP contribution in [0.5, 0.6) is 0 Å². The summed E-state index contributed by atoms with van der Waals surface area (Å²) < 4.78 is 5.15. The minimum absolute atomic E-state index is 0.372. The maximum Gasteiger partial charge on any atom is 0.407 e. The molecule has 0 aromatic heterocycles. The number of carbonyl (C=O) groups is 1. The van der Waals surface area contributed by atoms with Gasteiger partial charge in [0.25, 0.3) is 0 Å². The molecule has 0 aliphatic carbocycles. The molecule has 1 aromatic carbocycles. The molecule has 0 saturated heterocycles. The summed E-state index contributed by atoms with van der Waals surface area (Å²) in [6, 6.07) is 8.13. The van der Waals surface area contributed by atoms with Crippen LogP contribution in [0, 0.1) is 0 Å². The lowest BCUT2D eigenvalue weighted by Crippen LogP contribution is -2.32. The van der Waals surface area contributed by atoms with Gasteiger partial charge < -0.3 is 15.4 Å². The summed E-state index contributed by atoms with van der Waals surface area (Å²) >= 11 is 0. The fourth-order valence-electron chi connectivity index (χ4n) is 1.59. The summed E-state index contributed by atoms with van der Waals surface area (Å²) in [5.74, 6) is 0. The highest BCUT2D eigenvalue weighted by Crippen LogP contribution is 2.11. The molecular formula is C16H24N2O2. The normalized spacial score (nSPS) is 11.4. The topological polar surface area (TPSA) is 50.4 Å². The van der Waals surface area contributed by atoms with Crippen LogP contribution < -0.4 is 10.6 Å². The molecule has 1 aromatic rings. The number of benzene rings is 1. The van der Waals surface area contributed by atoms with Gasteiger partial charge in [-0.2, -0.15) is 0 Å². The number of rotatable bonds is 5. The second kappa shape index (κ2) is 7.58. The Hall–Kier alpha value is -1.97. The molecule has 1 rings (SSSR count). The van der Waals surface area contributed by atoms with E-state index in [9.17, 15) is 4.79 Å². The second-order valence-electron chi connectivity index (χ2n) is 5.50. The third-order valence-electron chi connectivity index (χ3n) is 2.46. The van der Waals surface area contributed by atoms with E-state index in [1.54, 1.807) is 0 Å². The van der Waals surface area contributed by atoms with E-state index in [2.05, 4.69) is 16.7 Å². The number of nitrogens with one attached hydrogen (secondary N) is 2. The first kappa shape index (κ1) is 16.1. The Morgan fingerprint density at radius 1 is 1.35 bits per heavy atom. The number of hydrogen-bond acceptors (Lipinski definition) is 3. The van der Waals surface area contributed by atoms with Crippen LogP contribution in [0.25, 0.3) is 6.08 Å². The molecule has 2 N–H and O–H groups in total. The highest BCUT2D eigenvalue weighted by molar-refractivity contribution is 5.67. The van der Waals surface area contributed by atoms with E-state index in [-0.39, 0.29) is 6.09 Å². The largest absolute Gasteiger partial charge is 0.444 e. The molecule has 1 amide bonds. The molecule has 4 heteroatoms. The molecule has 0 saturated carbocycles. The van der Waals surface area contributed by atoms with Crippen molar-refractivity contribution >= 4 is 17.9 Å². The average Bonchev–Trinajstić information content (AvgIpc) is 2.36. The molecule has 0 aliphatic heterocycles. The van der Waals surface area contributed by atoms with Gasteiger partial charge in [0.2, 0.25) is 0 Å². The third kappa shape index (κ3) is 6.83. The molecule has 0 aliphatic rings. The highest BCUT2D eigenvalue weighted by Gasteiger charge is 2.14. The lowest BCUT2D eigenvalue weighted by molar-refractivity contribution is 0.0529. The van der Waals surface area contributed by atoms with Gasteiger partial charge in [0, 0.05) is 19.3 Å². The van der Waals surface area contributed by atoms with Crippen LogP contribution in [0.4, 0.5) is 10.5 Å². The zero-order chi connectivity index (χ0) is 15.0. The number of carbonyl (C=O) groups excluding carboxylic acids is 1. The number of amides is 1. The summed E-state index contributed by atoms with van der Waals surface area (Å²) in [7, 11) is 1.90. The van der Waals surface area contributed by atoms with E-state index in [0.29, 0.717) is 6.54 Å². The number of anilines is 1. The van der Waals surface area contributed by atoms with Gasteiger partial charge in [-0.05, 0) is 44.9 Å². The van der Waals surface area contributed by atoms with Crippen LogP contribution in [0.15, 0.2) is 30.3 Å². The molecule has 0 bridgehead atoms. The highest BCUT2D eigenvalue weighted by atomic mass is 16.6. The Bertz CT molecular complexity index is 462. The molecule has 0 spiro atoms. The lowest BCUT2D eigenvalue weighted by Gasteiger charge is -2.19. The van der Waals surface area contributed by atoms with Crippen LogP contribution in [0.1, 0.15) is 32.8 Å². The first-order chi connectivity index (χ1) is 9.40. The van der Waals surface area contributed by atoms with Crippen molar-refractivity contribution < 1.29 is 9.53 Å². The van der Waals surface area contributed by atoms with Gasteiger partial charge in [0.05, 0.1) is 0 Å². The molecule has 0 heterocycles. The molecule has 20 heavy (non-hydrogen) atoms. The third-order valence-corrected chi connectivity index (χ3v) is 2.46. The zero-order valence-corrected chi connectivity index (χ0v) is 12.7. The Labute approximate surface area is 121 Å². The molecule has 0 unspecified atom stereocenters. The summed E-state index contributed by atoms with van der Waals surface area (Å²) in [5, 5.41) is 5.82. The Morgan fingerprint density at radius 2 is 2.10 bits per heavy atom. The van der Waals surface area contributed by atoms with Gasteiger partial charge in [0.1, 0.15) is 5.60 Å². The van der Waals surface area contributed by atoms with Gasteiger partial charge in [-0.15, -0.1) is 0 Å². The van der Waals surface area contributed by atoms with Gasteiger partial charge in [-0.25, -0.2) is 4.79 Å². The quantitative estimate of drug-likeness (QED) is 0.807. The molecule has 110 valence electrons. The van der Waals surface area contributed by atoms with Gasteiger partial charge in [-0.3, -0.25) is 0 Å². The minimum Gasteiger partial charge on any atom is -0.444 e. The smallest absolute Gasteiger partial charge is 0.407 e. The van der Waals surface area contributed by atoms with Crippen LogP contribution in [-0.4, -0.2) is 25.3 Å². The maximum absolute atomic E-state index is 11.4. The first-order valence-corrected chi connectivity index (χ1v) is 6.82. The Kier molecular flexibility index (Phi) is 6.10. The van der Waals surface area contributed by atoms with Crippen molar-refractivity contribution in [2.45, 2.75) is 32.8 Å². The van der Waals surface area contributed by atoms with Crippen molar-refractivity contribution in [2.24, 2.45) is 0 Å². The zero-order valence-electron chi connectivity index (χ0n) is 12.7. The Balaban J connectivity index is 2.30.